The summed E-state index contributed by atoms with van der Waals surface area (Å²) in [6.45, 7) is 1.36. The standard InChI is InChI=1S/C8H11N3OS/c12-8-3-7(13)5-11(8)4-6-1-2-9-10-6/h1-2,7,13H,3-5H2,(H,9,10). The first-order chi connectivity index (χ1) is 6.25. The van der Waals surface area contributed by atoms with E-state index in [9.17, 15) is 4.79 Å². The maximum absolute atomic E-state index is 11.4. The molecule has 1 aromatic heterocycles. The monoisotopic (exact) mass is 197 g/mol. The molecule has 1 N–H and O–H groups in total. The molecule has 4 nitrogen and oxygen atoms in total. The molecule has 0 radical (unpaired) electrons. The van der Waals surface area contributed by atoms with Crippen LogP contribution in [-0.2, 0) is 11.3 Å². The lowest BCUT2D eigenvalue weighted by molar-refractivity contribution is -0.128. The highest BCUT2D eigenvalue weighted by molar-refractivity contribution is 7.81. The molecule has 1 saturated heterocycles. The lowest BCUT2D eigenvalue weighted by Gasteiger charge is -2.13. The summed E-state index contributed by atoms with van der Waals surface area (Å²) in [7, 11) is 0. The van der Waals surface area contributed by atoms with Crippen molar-refractivity contribution in [3.63, 3.8) is 0 Å². The second-order valence-corrected chi connectivity index (χ2v) is 3.94. The molecule has 1 fully saturated rings. The van der Waals surface area contributed by atoms with E-state index in [0.29, 0.717) is 13.0 Å². The third-order valence-corrected chi connectivity index (χ3v) is 2.46. The second kappa shape index (κ2) is 3.41. The molecule has 13 heavy (non-hydrogen) atoms. The van der Waals surface area contributed by atoms with Crippen LogP contribution in [0.1, 0.15) is 12.1 Å². The summed E-state index contributed by atoms with van der Waals surface area (Å²) in [4.78, 5) is 13.2. The Bertz CT molecular complexity index is 298. The Labute approximate surface area is 81.7 Å². The van der Waals surface area contributed by atoms with Gasteiger partial charge in [0.25, 0.3) is 0 Å². The molecular formula is C8H11N3OS. The van der Waals surface area contributed by atoms with Crippen LogP contribution in [0, 0.1) is 0 Å². The molecule has 1 amide bonds. The number of nitrogens with zero attached hydrogens (tertiary/aromatic N) is 2. The smallest absolute Gasteiger partial charge is 0.224 e. The molecule has 0 saturated carbocycles. The number of amides is 1. The number of nitrogens with one attached hydrogen (secondary N) is 1. The Balaban J connectivity index is 1.99. The first kappa shape index (κ1) is 8.62. The van der Waals surface area contributed by atoms with Gasteiger partial charge in [0.05, 0.1) is 12.2 Å². The van der Waals surface area contributed by atoms with Gasteiger partial charge in [-0.2, -0.15) is 17.7 Å². The van der Waals surface area contributed by atoms with E-state index in [0.717, 1.165) is 12.2 Å². The zero-order valence-electron chi connectivity index (χ0n) is 7.10. The summed E-state index contributed by atoms with van der Waals surface area (Å²) in [5, 5.41) is 6.85. The molecule has 1 aromatic rings. The van der Waals surface area contributed by atoms with Crippen molar-refractivity contribution < 1.29 is 4.79 Å². The third-order valence-electron chi connectivity index (χ3n) is 2.11. The minimum atomic E-state index is 0.176. The van der Waals surface area contributed by atoms with Gasteiger partial charge < -0.3 is 4.90 Å². The molecule has 0 aromatic carbocycles. The summed E-state index contributed by atoms with van der Waals surface area (Å²) < 4.78 is 0. The number of hydrogen-bond donors (Lipinski definition) is 2. The molecular weight excluding hydrogens is 186 g/mol. The summed E-state index contributed by atoms with van der Waals surface area (Å²) in [5.74, 6) is 0.176. The van der Waals surface area contributed by atoms with Gasteiger partial charge in [0.15, 0.2) is 0 Å². The van der Waals surface area contributed by atoms with Crippen LogP contribution in [0.4, 0.5) is 0 Å². The number of aromatic amines is 1. The third kappa shape index (κ3) is 1.85. The molecule has 1 atom stereocenters. The highest BCUT2D eigenvalue weighted by Crippen LogP contribution is 2.17. The normalized spacial score (nSPS) is 22.7. The number of thiol groups is 1. The summed E-state index contributed by atoms with van der Waals surface area (Å²) >= 11 is 4.27. The van der Waals surface area contributed by atoms with Crippen molar-refractivity contribution in [2.24, 2.45) is 0 Å². The van der Waals surface area contributed by atoms with Crippen LogP contribution >= 0.6 is 12.6 Å². The lowest BCUT2D eigenvalue weighted by Crippen LogP contribution is -2.24. The molecule has 0 aliphatic carbocycles. The van der Waals surface area contributed by atoms with Gasteiger partial charge in [-0.15, -0.1) is 0 Å². The number of rotatable bonds is 2. The van der Waals surface area contributed by atoms with Crippen molar-refractivity contribution >= 4 is 18.5 Å². The number of carbonyl (C=O) groups is 1. The number of likely N-dealkylation sites (tertiary alicyclic amines) is 1. The Hall–Kier alpha value is -0.970. The molecule has 2 heterocycles. The van der Waals surface area contributed by atoms with Crippen molar-refractivity contribution in [2.75, 3.05) is 6.54 Å². The summed E-state index contributed by atoms with van der Waals surface area (Å²) in [5.41, 5.74) is 0.968. The predicted octanol–water partition coefficient (Wildman–Crippen LogP) is 0.440. The molecule has 70 valence electrons. The molecule has 1 aliphatic heterocycles. The van der Waals surface area contributed by atoms with Gasteiger partial charge in [-0.3, -0.25) is 9.89 Å². The van der Waals surface area contributed by atoms with E-state index in [4.69, 9.17) is 0 Å². The maximum atomic E-state index is 11.4. The fraction of sp³-hybridized carbons (Fsp3) is 0.500. The SMILES string of the molecule is O=C1CC(S)CN1Cc1ccn[nH]1. The highest BCUT2D eigenvalue weighted by atomic mass is 32.1. The van der Waals surface area contributed by atoms with Crippen molar-refractivity contribution in [1.82, 2.24) is 15.1 Å². The topological polar surface area (TPSA) is 49.0 Å². The predicted molar refractivity (Wildman–Crippen MR) is 51.4 cm³/mol. The lowest BCUT2D eigenvalue weighted by atomic mass is 10.4. The van der Waals surface area contributed by atoms with E-state index in [-0.39, 0.29) is 11.2 Å². The quantitative estimate of drug-likeness (QED) is 0.676. The molecule has 1 aliphatic rings. The van der Waals surface area contributed by atoms with Crippen LogP contribution in [0.2, 0.25) is 0 Å². The van der Waals surface area contributed by atoms with Crippen LogP contribution in [0.3, 0.4) is 0 Å². The van der Waals surface area contributed by atoms with Gasteiger partial charge in [0, 0.05) is 24.4 Å². The van der Waals surface area contributed by atoms with E-state index in [2.05, 4.69) is 22.8 Å². The Morgan fingerprint density at radius 1 is 1.77 bits per heavy atom. The van der Waals surface area contributed by atoms with Crippen LogP contribution in [0.5, 0.6) is 0 Å². The number of hydrogen-bond acceptors (Lipinski definition) is 3. The highest BCUT2D eigenvalue weighted by Gasteiger charge is 2.26. The van der Waals surface area contributed by atoms with E-state index >= 15 is 0 Å². The van der Waals surface area contributed by atoms with Gasteiger partial charge in [0.2, 0.25) is 5.91 Å². The van der Waals surface area contributed by atoms with Crippen molar-refractivity contribution in [3.05, 3.63) is 18.0 Å². The van der Waals surface area contributed by atoms with Gasteiger partial charge in [-0.05, 0) is 6.07 Å². The van der Waals surface area contributed by atoms with E-state index in [1.54, 1.807) is 11.1 Å². The average Bonchev–Trinajstić information content (AvgIpc) is 2.63. The van der Waals surface area contributed by atoms with Gasteiger partial charge >= 0.3 is 0 Å². The summed E-state index contributed by atoms with van der Waals surface area (Å²) in [6.07, 6.45) is 2.24. The van der Waals surface area contributed by atoms with Gasteiger partial charge in [-0.25, -0.2) is 0 Å². The average molecular weight is 197 g/mol. The fourth-order valence-electron chi connectivity index (χ4n) is 1.48. The van der Waals surface area contributed by atoms with Gasteiger partial charge in [-0.1, -0.05) is 0 Å². The first-order valence-corrected chi connectivity index (χ1v) is 4.71. The van der Waals surface area contributed by atoms with E-state index in [1.807, 2.05) is 6.07 Å². The molecule has 1 unspecified atom stereocenters. The number of carbonyl (C=O) groups excluding carboxylic acids is 1. The fourth-order valence-corrected chi connectivity index (χ4v) is 1.84. The maximum Gasteiger partial charge on any atom is 0.224 e. The van der Waals surface area contributed by atoms with E-state index < -0.39 is 0 Å². The molecule has 0 spiro atoms. The number of aromatic nitrogens is 2. The minimum absolute atomic E-state index is 0.176. The largest absolute Gasteiger partial charge is 0.336 e. The Kier molecular flexibility index (Phi) is 2.26. The Morgan fingerprint density at radius 2 is 2.62 bits per heavy atom. The molecule has 0 bridgehead atoms. The number of H-pyrrole nitrogens is 1. The van der Waals surface area contributed by atoms with Crippen molar-refractivity contribution in [2.45, 2.75) is 18.2 Å². The van der Waals surface area contributed by atoms with Crippen LogP contribution in [-0.4, -0.2) is 32.8 Å². The van der Waals surface area contributed by atoms with Gasteiger partial charge in [0.1, 0.15) is 0 Å². The molecule has 2 rings (SSSR count). The molecule has 5 heteroatoms. The second-order valence-electron chi connectivity index (χ2n) is 3.21. The minimum Gasteiger partial charge on any atom is -0.336 e. The zero-order valence-corrected chi connectivity index (χ0v) is 8.00. The summed E-state index contributed by atoms with van der Waals surface area (Å²) in [6, 6.07) is 1.87. The zero-order chi connectivity index (χ0) is 9.26. The van der Waals surface area contributed by atoms with Crippen LogP contribution in [0.25, 0.3) is 0 Å². The van der Waals surface area contributed by atoms with Crippen molar-refractivity contribution in [3.8, 4) is 0 Å². The first-order valence-electron chi connectivity index (χ1n) is 4.20. The van der Waals surface area contributed by atoms with Crippen LogP contribution in [0.15, 0.2) is 12.3 Å². The van der Waals surface area contributed by atoms with Crippen molar-refractivity contribution in [1.29, 1.82) is 0 Å². The van der Waals surface area contributed by atoms with Crippen LogP contribution < -0.4 is 0 Å². The van der Waals surface area contributed by atoms with E-state index in [1.165, 1.54) is 0 Å². The Morgan fingerprint density at radius 3 is 3.15 bits per heavy atom.